The van der Waals surface area contributed by atoms with Crippen molar-refractivity contribution in [2.24, 2.45) is 0 Å². The van der Waals surface area contributed by atoms with Crippen LogP contribution in [-0.4, -0.2) is 9.55 Å². The van der Waals surface area contributed by atoms with Crippen LogP contribution in [0.2, 0.25) is 0 Å². The fraction of sp³-hybridized carbons (Fsp3) is 0.333. The van der Waals surface area contributed by atoms with Crippen LogP contribution >= 0.6 is 0 Å². The van der Waals surface area contributed by atoms with E-state index in [2.05, 4.69) is 4.98 Å². The lowest BCUT2D eigenvalue weighted by atomic mass is 10.1. The van der Waals surface area contributed by atoms with Crippen LogP contribution in [0.4, 0.5) is 0 Å². The molecular weight excluding hydrogens is 188 g/mol. The SMILES string of the molecule is Cc1ccc2cnc(=O)n(C(C)C)c2c1. The summed E-state index contributed by atoms with van der Waals surface area (Å²) in [6, 6.07) is 6.18. The molecule has 3 nitrogen and oxygen atoms in total. The van der Waals surface area contributed by atoms with Crippen LogP contribution in [0.15, 0.2) is 29.2 Å². The van der Waals surface area contributed by atoms with E-state index in [0.717, 1.165) is 16.5 Å². The quantitative estimate of drug-likeness (QED) is 0.711. The van der Waals surface area contributed by atoms with Gasteiger partial charge in [-0.1, -0.05) is 12.1 Å². The molecule has 3 heteroatoms. The van der Waals surface area contributed by atoms with Gasteiger partial charge in [0.15, 0.2) is 0 Å². The lowest BCUT2D eigenvalue weighted by Gasteiger charge is -2.12. The normalized spacial score (nSPS) is 11.2. The molecular formula is C12H14N2O. The lowest BCUT2D eigenvalue weighted by Crippen LogP contribution is -2.24. The minimum absolute atomic E-state index is 0.135. The summed E-state index contributed by atoms with van der Waals surface area (Å²) in [5.41, 5.74) is 1.94. The van der Waals surface area contributed by atoms with Crippen LogP contribution in [0.3, 0.4) is 0 Å². The minimum atomic E-state index is -0.178. The number of benzene rings is 1. The topological polar surface area (TPSA) is 34.9 Å². The first-order valence-electron chi connectivity index (χ1n) is 5.07. The monoisotopic (exact) mass is 202 g/mol. The Hall–Kier alpha value is -1.64. The molecule has 1 heterocycles. The third-order valence-electron chi connectivity index (χ3n) is 2.48. The predicted molar refractivity (Wildman–Crippen MR) is 61.1 cm³/mol. The number of fused-ring (bicyclic) bond motifs is 1. The number of aryl methyl sites for hydroxylation is 1. The van der Waals surface area contributed by atoms with E-state index in [-0.39, 0.29) is 11.7 Å². The van der Waals surface area contributed by atoms with Gasteiger partial charge in [0.25, 0.3) is 0 Å². The van der Waals surface area contributed by atoms with Crippen molar-refractivity contribution in [3.63, 3.8) is 0 Å². The van der Waals surface area contributed by atoms with Crippen LogP contribution in [-0.2, 0) is 0 Å². The Kier molecular flexibility index (Phi) is 2.31. The lowest BCUT2D eigenvalue weighted by molar-refractivity contribution is 0.586. The third kappa shape index (κ3) is 1.65. The zero-order chi connectivity index (χ0) is 11.0. The molecule has 15 heavy (non-hydrogen) atoms. The van der Waals surface area contributed by atoms with Crippen molar-refractivity contribution in [2.75, 3.05) is 0 Å². The first kappa shape index (κ1) is 9.90. The summed E-state index contributed by atoms with van der Waals surface area (Å²) < 4.78 is 1.72. The molecule has 0 N–H and O–H groups in total. The molecule has 0 aliphatic carbocycles. The fourth-order valence-electron chi connectivity index (χ4n) is 1.76. The second-order valence-corrected chi connectivity index (χ2v) is 4.07. The number of hydrogen-bond acceptors (Lipinski definition) is 2. The van der Waals surface area contributed by atoms with Crippen LogP contribution in [0, 0.1) is 6.92 Å². The smallest absolute Gasteiger partial charge is 0.289 e. The average Bonchev–Trinajstić information content (AvgIpc) is 2.16. The number of hydrogen-bond donors (Lipinski definition) is 0. The molecule has 0 saturated carbocycles. The predicted octanol–water partition coefficient (Wildman–Crippen LogP) is 2.29. The van der Waals surface area contributed by atoms with Crippen molar-refractivity contribution in [2.45, 2.75) is 26.8 Å². The summed E-state index contributed by atoms with van der Waals surface area (Å²) in [6.45, 7) is 6.00. The van der Waals surface area contributed by atoms with Crippen molar-refractivity contribution >= 4 is 10.9 Å². The highest BCUT2D eigenvalue weighted by Crippen LogP contribution is 2.16. The van der Waals surface area contributed by atoms with Crippen molar-refractivity contribution in [3.05, 3.63) is 40.4 Å². The molecule has 1 aromatic heterocycles. The summed E-state index contributed by atoms with van der Waals surface area (Å²) in [6.07, 6.45) is 1.63. The van der Waals surface area contributed by atoms with Gasteiger partial charge in [0.05, 0.1) is 5.52 Å². The van der Waals surface area contributed by atoms with E-state index in [9.17, 15) is 4.79 Å². The standard InChI is InChI=1S/C12H14N2O/c1-8(2)14-11-6-9(3)4-5-10(11)7-13-12(14)15/h4-8H,1-3H3. The van der Waals surface area contributed by atoms with Gasteiger partial charge in [0.1, 0.15) is 0 Å². The number of rotatable bonds is 1. The minimum Gasteiger partial charge on any atom is -0.289 e. The Bertz CT molecular complexity index is 555. The Morgan fingerprint density at radius 2 is 2.07 bits per heavy atom. The Morgan fingerprint density at radius 1 is 1.33 bits per heavy atom. The molecule has 0 aliphatic heterocycles. The largest absolute Gasteiger partial charge is 0.348 e. The maximum absolute atomic E-state index is 11.6. The molecule has 0 radical (unpaired) electrons. The summed E-state index contributed by atoms with van der Waals surface area (Å²) in [4.78, 5) is 15.5. The molecule has 0 fully saturated rings. The molecule has 0 amide bonds. The first-order chi connectivity index (χ1) is 7.09. The molecule has 0 unspecified atom stereocenters. The fourth-order valence-corrected chi connectivity index (χ4v) is 1.76. The van der Waals surface area contributed by atoms with Gasteiger partial charge in [-0.3, -0.25) is 4.57 Å². The highest BCUT2D eigenvalue weighted by atomic mass is 16.1. The van der Waals surface area contributed by atoms with E-state index in [4.69, 9.17) is 0 Å². The Morgan fingerprint density at radius 3 is 2.73 bits per heavy atom. The molecule has 2 aromatic rings. The highest BCUT2D eigenvalue weighted by molar-refractivity contribution is 5.78. The summed E-state index contributed by atoms with van der Waals surface area (Å²) in [7, 11) is 0. The second kappa shape index (κ2) is 3.50. The summed E-state index contributed by atoms with van der Waals surface area (Å²) >= 11 is 0. The second-order valence-electron chi connectivity index (χ2n) is 4.07. The number of nitrogens with zero attached hydrogens (tertiary/aromatic N) is 2. The maximum atomic E-state index is 11.6. The highest BCUT2D eigenvalue weighted by Gasteiger charge is 2.06. The van der Waals surface area contributed by atoms with Gasteiger partial charge in [-0.25, -0.2) is 9.78 Å². The zero-order valence-electron chi connectivity index (χ0n) is 9.19. The maximum Gasteiger partial charge on any atom is 0.348 e. The van der Waals surface area contributed by atoms with Crippen LogP contribution < -0.4 is 5.69 Å². The van der Waals surface area contributed by atoms with Gasteiger partial charge < -0.3 is 0 Å². The number of aromatic nitrogens is 2. The van der Waals surface area contributed by atoms with Gasteiger partial charge in [-0.15, -0.1) is 0 Å². The van der Waals surface area contributed by atoms with Gasteiger partial charge in [0, 0.05) is 17.6 Å². The molecule has 0 aliphatic rings. The first-order valence-corrected chi connectivity index (χ1v) is 5.07. The van der Waals surface area contributed by atoms with Gasteiger partial charge in [-0.2, -0.15) is 0 Å². The van der Waals surface area contributed by atoms with E-state index in [1.165, 1.54) is 0 Å². The van der Waals surface area contributed by atoms with Gasteiger partial charge in [-0.05, 0) is 32.4 Å². The molecule has 78 valence electrons. The van der Waals surface area contributed by atoms with Crippen LogP contribution in [0.1, 0.15) is 25.5 Å². The molecule has 1 aromatic carbocycles. The van der Waals surface area contributed by atoms with E-state index < -0.39 is 0 Å². The van der Waals surface area contributed by atoms with Crippen molar-refractivity contribution < 1.29 is 0 Å². The zero-order valence-corrected chi connectivity index (χ0v) is 9.19. The van der Waals surface area contributed by atoms with E-state index in [1.54, 1.807) is 10.8 Å². The Balaban J connectivity index is 2.91. The van der Waals surface area contributed by atoms with Gasteiger partial charge >= 0.3 is 5.69 Å². The van der Waals surface area contributed by atoms with E-state index in [1.807, 2.05) is 39.0 Å². The third-order valence-corrected chi connectivity index (χ3v) is 2.48. The van der Waals surface area contributed by atoms with Crippen molar-refractivity contribution in [1.29, 1.82) is 0 Å². The van der Waals surface area contributed by atoms with Crippen molar-refractivity contribution in [3.8, 4) is 0 Å². The van der Waals surface area contributed by atoms with E-state index >= 15 is 0 Å². The molecule has 0 saturated heterocycles. The van der Waals surface area contributed by atoms with Gasteiger partial charge in [0.2, 0.25) is 0 Å². The molecule has 0 spiro atoms. The summed E-state index contributed by atoms with van der Waals surface area (Å²) in [5, 5.41) is 1.01. The van der Waals surface area contributed by atoms with Crippen LogP contribution in [0.5, 0.6) is 0 Å². The molecule has 0 atom stereocenters. The van der Waals surface area contributed by atoms with Crippen molar-refractivity contribution in [1.82, 2.24) is 9.55 Å². The summed E-state index contributed by atoms with van der Waals surface area (Å²) in [5.74, 6) is 0. The molecule has 2 rings (SSSR count). The van der Waals surface area contributed by atoms with Crippen LogP contribution in [0.25, 0.3) is 10.9 Å². The Labute approximate surface area is 88.4 Å². The van der Waals surface area contributed by atoms with E-state index in [0.29, 0.717) is 0 Å². The molecule has 0 bridgehead atoms. The average molecular weight is 202 g/mol.